The number of H-pyrrole nitrogens is 1. The fourth-order valence-electron chi connectivity index (χ4n) is 4.00. The lowest BCUT2D eigenvalue weighted by atomic mass is 9.93. The van der Waals surface area contributed by atoms with Gasteiger partial charge < -0.3 is 15.2 Å². The lowest BCUT2D eigenvalue weighted by Gasteiger charge is -2.36. The predicted molar refractivity (Wildman–Crippen MR) is 112 cm³/mol. The van der Waals surface area contributed by atoms with Crippen LogP contribution < -0.4 is 5.32 Å². The van der Waals surface area contributed by atoms with E-state index in [1.165, 1.54) is 22.2 Å². The standard InChI is InChI=1S/C22H27N3OS/c1-3-15(2)23-11-8-20(26)25-12-9-18-17-6-4-5-7-19(17)24-21(18)22(25)16-10-13-27-14-16/h4-7,10,13-15,22-24H,3,8-9,11-12H2,1-2H3. The summed E-state index contributed by atoms with van der Waals surface area (Å²) in [4.78, 5) is 18.8. The molecule has 2 atom stereocenters. The Kier molecular flexibility index (Phi) is 5.32. The van der Waals surface area contributed by atoms with Gasteiger partial charge in [0.05, 0.1) is 6.04 Å². The van der Waals surface area contributed by atoms with Crippen molar-refractivity contribution in [3.63, 3.8) is 0 Å². The van der Waals surface area contributed by atoms with Gasteiger partial charge in [-0.2, -0.15) is 11.3 Å². The Morgan fingerprint density at radius 1 is 1.37 bits per heavy atom. The highest BCUT2D eigenvalue weighted by molar-refractivity contribution is 7.08. The molecule has 0 saturated carbocycles. The van der Waals surface area contributed by atoms with Gasteiger partial charge in [-0.25, -0.2) is 0 Å². The van der Waals surface area contributed by atoms with Gasteiger partial charge in [-0.1, -0.05) is 25.1 Å². The second-order valence-electron chi connectivity index (χ2n) is 7.37. The summed E-state index contributed by atoms with van der Waals surface area (Å²) >= 11 is 1.69. The maximum Gasteiger partial charge on any atom is 0.224 e. The predicted octanol–water partition coefficient (Wildman–Crippen LogP) is 4.48. The zero-order chi connectivity index (χ0) is 18.8. The van der Waals surface area contributed by atoms with Gasteiger partial charge in [-0.3, -0.25) is 4.79 Å². The number of para-hydroxylation sites is 1. The highest BCUT2D eigenvalue weighted by atomic mass is 32.1. The summed E-state index contributed by atoms with van der Waals surface area (Å²) in [5.74, 6) is 0.228. The number of fused-ring (bicyclic) bond motifs is 3. The molecular formula is C22H27N3OS. The van der Waals surface area contributed by atoms with Crippen LogP contribution in [0.4, 0.5) is 0 Å². The number of hydrogen-bond acceptors (Lipinski definition) is 3. The highest BCUT2D eigenvalue weighted by Crippen LogP contribution is 2.39. The molecule has 142 valence electrons. The quantitative estimate of drug-likeness (QED) is 0.661. The Hall–Kier alpha value is -2.11. The minimum Gasteiger partial charge on any atom is -0.356 e. The van der Waals surface area contributed by atoms with Gasteiger partial charge in [-0.15, -0.1) is 0 Å². The molecule has 1 aliphatic rings. The maximum atomic E-state index is 13.1. The number of aromatic nitrogens is 1. The number of hydrogen-bond donors (Lipinski definition) is 2. The maximum absolute atomic E-state index is 13.1. The van der Waals surface area contributed by atoms with Crippen molar-refractivity contribution in [1.29, 1.82) is 0 Å². The first-order valence-corrected chi connectivity index (χ1v) is 10.8. The molecule has 0 bridgehead atoms. The van der Waals surface area contributed by atoms with Gasteiger partial charge in [0.15, 0.2) is 0 Å². The summed E-state index contributed by atoms with van der Waals surface area (Å²) in [5, 5.41) is 9.00. The van der Waals surface area contributed by atoms with E-state index in [1.54, 1.807) is 11.3 Å². The summed E-state index contributed by atoms with van der Waals surface area (Å²) in [6.45, 7) is 5.84. The van der Waals surface area contributed by atoms with Gasteiger partial charge in [0, 0.05) is 42.1 Å². The van der Waals surface area contributed by atoms with Crippen LogP contribution in [-0.2, 0) is 11.2 Å². The fourth-order valence-corrected chi connectivity index (χ4v) is 4.68. The average Bonchev–Trinajstić information content (AvgIpc) is 3.34. The number of carbonyl (C=O) groups is 1. The number of nitrogens with zero attached hydrogens (tertiary/aromatic N) is 1. The van der Waals surface area contributed by atoms with E-state index in [4.69, 9.17) is 0 Å². The lowest BCUT2D eigenvalue weighted by molar-refractivity contribution is -0.133. The van der Waals surface area contributed by atoms with Gasteiger partial charge in [0.25, 0.3) is 0 Å². The Morgan fingerprint density at radius 3 is 3.00 bits per heavy atom. The van der Waals surface area contributed by atoms with E-state index < -0.39 is 0 Å². The van der Waals surface area contributed by atoms with E-state index in [2.05, 4.69) is 70.1 Å². The molecule has 3 aromatic rings. The number of aromatic amines is 1. The normalized spacial score (nSPS) is 17.9. The summed E-state index contributed by atoms with van der Waals surface area (Å²) in [7, 11) is 0. The number of rotatable bonds is 6. The Labute approximate surface area is 164 Å². The van der Waals surface area contributed by atoms with Crippen molar-refractivity contribution < 1.29 is 4.79 Å². The molecule has 27 heavy (non-hydrogen) atoms. The summed E-state index contributed by atoms with van der Waals surface area (Å²) in [5.41, 5.74) is 4.92. The molecule has 4 rings (SSSR count). The van der Waals surface area contributed by atoms with E-state index in [-0.39, 0.29) is 11.9 Å². The first-order chi connectivity index (χ1) is 13.2. The van der Waals surface area contributed by atoms with Crippen LogP contribution in [0.2, 0.25) is 0 Å². The van der Waals surface area contributed by atoms with Gasteiger partial charge in [0.1, 0.15) is 0 Å². The van der Waals surface area contributed by atoms with Crippen molar-refractivity contribution in [2.45, 2.75) is 45.2 Å². The van der Waals surface area contributed by atoms with Crippen LogP contribution in [0.1, 0.15) is 49.6 Å². The third kappa shape index (κ3) is 3.54. The van der Waals surface area contributed by atoms with Crippen LogP contribution >= 0.6 is 11.3 Å². The molecule has 5 heteroatoms. The van der Waals surface area contributed by atoms with Crippen LogP contribution in [0.5, 0.6) is 0 Å². The third-order valence-corrected chi connectivity index (χ3v) is 6.36. The average molecular weight is 382 g/mol. The molecule has 0 radical (unpaired) electrons. The number of thiophene rings is 1. The third-order valence-electron chi connectivity index (χ3n) is 5.66. The molecule has 1 amide bonds. The molecule has 0 spiro atoms. The van der Waals surface area contributed by atoms with E-state index >= 15 is 0 Å². The number of carbonyl (C=O) groups excluding carboxylic acids is 1. The topological polar surface area (TPSA) is 48.1 Å². The summed E-state index contributed by atoms with van der Waals surface area (Å²) < 4.78 is 0. The Balaban J connectivity index is 1.63. The second kappa shape index (κ2) is 7.87. The van der Waals surface area contributed by atoms with Crippen LogP contribution in [0, 0.1) is 0 Å². The van der Waals surface area contributed by atoms with Gasteiger partial charge in [-0.05, 0) is 53.8 Å². The minimum atomic E-state index is -0.0106. The molecule has 0 aliphatic carbocycles. The summed E-state index contributed by atoms with van der Waals surface area (Å²) in [6.07, 6.45) is 2.53. The molecule has 2 N–H and O–H groups in total. The SMILES string of the molecule is CCC(C)NCCC(=O)N1CCc2c([nH]c3ccccc23)C1c1ccsc1. The molecule has 1 aromatic carbocycles. The molecular weight excluding hydrogens is 354 g/mol. The Bertz CT molecular complexity index is 915. The largest absolute Gasteiger partial charge is 0.356 e. The lowest BCUT2D eigenvalue weighted by Crippen LogP contribution is -2.42. The van der Waals surface area contributed by atoms with Crippen LogP contribution in [-0.4, -0.2) is 34.9 Å². The van der Waals surface area contributed by atoms with E-state index in [9.17, 15) is 4.79 Å². The van der Waals surface area contributed by atoms with Gasteiger partial charge >= 0.3 is 0 Å². The van der Waals surface area contributed by atoms with Crippen molar-refractivity contribution >= 4 is 28.1 Å². The van der Waals surface area contributed by atoms with Gasteiger partial charge in [0.2, 0.25) is 5.91 Å². The van der Waals surface area contributed by atoms with E-state index in [1.807, 2.05) is 0 Å². The van der Waals surface area contributed by atoms with Crippen LogP contribution in [0.3, 0.4) is 0 Å². The smallest absolute Gasteiger partial charge is 0.224 e. The zero-order valence-corrected chi connectivity index (χ0v) is 16.8. The molecule has 0 saturated heterocycles. The molecule has 1 aliphatic heterocycles. The summed E-state index contributed by atoms with van der Waals surface area (Å²) in [6, 6.07) is 11.1. The van der Waals surface area contributed by atoms with Crippen molar-refractivity contribution in [2.75, 3.05) is 13.1 Å². The zero-order valence-electron chi connectivity index (χ0n) is 16.0. The van der Waals surface area contributed by atoms with Crippen molar-refractivity contribution in [3.8, 4) is 0 Å². The highest BCUT2D eigenvalue weighted by Gasteiger charge is 2.34. The number of benzene rings is 1. The minimum absolute atomic E-state index is 0.0106. The second-order valence-corrected chi connectivity index (χ2v) is 8.15. The first-order valence-electron chi connectivity index (χ1n) is 9.83. The first kappa shape index (κ1) is 18.3. The molecule has 2 aromatic heterocycles. The van der Waals surface area contributed by atoms with Crippen molar-refractivity contribution in [1.82, 2.24) is 15.2 Å². The molecule has 3 heterocycles. The van der Waals surface area contributed by atoms with Crippen molar-refractivity contribution in [3.05, 3.63) is 57.9 Å². The van der Waals surface area contributed by atoms with E-state index in [0.717, 1.165) is 31.4 Å². The van der Waals surface area contributed by atoms with E-state index in [0.29, 0.717) is 12.5 Å². The Morgan fingerprint density at radius 2 is 2.22 bits per heavy atom. The number of nitrogens with one attached hydrogen (secondary N) is 2. The number of amides is 1. The van der Waals surface area contributed by atoms with Crippen LogP contribution in [0.25, 0.3) is 10.9 Å². The molecule has 0 fully saturated rings. The molecule has 2 unspecified atom stereocenters. The van der Waals surface area contributed by atoms with Crippen molar-refractivity contribution in [2.24, 2.45) is 0 Å². The fraction of sp³-hybridized carbons (Fsp3) is 0.409. The molecule has 4 nitrogen and oxygen atoms in total. The van der Waals surface area contributed by atoms with Crippen LogP contribution in [0.15, 0.2) is 41.1 Å². The monoisotopic (exact) mass is 381 g/mol.